The Labute approximate surface area is 279 Å². The molecule has 2 aromatic rings. The van der Waals surface area contributed by atoms with Crippen molar-refractivity contribution in [3.05, 3.63) is 72.8 Å². The van der Waals surface area contributed by atoms with Gasteiger partial charge in [0.1, 0.15) is 0 Å². The van der Waals surface area contributed by atoms with Crippen molar-refractivity contribution in [3.63, 3.8) is 0 Å². The molecule has 0 aliphatic carbocycles. The molecule has 0 bridgehead atoms. The quantitative estimate of drug-likeness (QED) is 0.0645. The van der Waals surface area contributed by atoms with Gasteiger partial charge in [-0.25, -0.2) is 4.99 Å². The predicted octanol–water partition coefficient (Wildman–Crippen LogP) is 14.9. The van der Waals surface area contributed by atoms with Crippen LogP contribution < -0.4 is 0 Å². The van der Waals surface area contributed by atoms with Crippen molar-refractivity contribution in [2.45, 2.75) is 174 Å². The Kier molecular flexibility index (Phi) is 24.9. The van der Waals surface area contributed by atoms with Crippen molar-refractivity contribution in [2.24, 2.45) is 9.98 Å². The fourth-order valence-electron chi connectivity index (χ4n) is 5.99. The normalized spacial score (nSPS) is 12.4. The smallest absolute Gasteiger partial charge is 0.0848 e. The highest BCUT2D eigenvalue weighted by Gasteiger charge is 2.08. The minimum absolute atomic E-state index is 0.956. The first-order chi connectivity index (χ1) is 22.3. The summed E-state index contributed by atoms with van der Waals surface area (Å²) >= 11 is 0. The van der Waals surface area contributed by atoms with Gasteiger partial charge in [-0.15, -0.1) is 0 Å². The van der Waals surface area contributed by atoms with Gasteiger partial charge in [-0.2, -0.15) is 0 Å². The lowest BCUT2D eigenvalue weighted by molar-refractivity contribution is 0.522. The highest BCUT2D eigenvalue weighted by atomic mass is 14.8. The third-order valence-corrected chi connectivity index (χ3v) is 8.84. The number of hydrogen-bond donors (Lipinski definition) is 0. The Morgan fingerprint density at radius 2 is 0.822 bits per heavy atom. The summed E-state index contributed by atoms with van der Waals surface area (Å²) in [6.45, 7) is 4.56. The molecular formula is C43H68N2. The van der Waals surface area contributed by atoms with E-state index in [1.54, 1.807) is 0 Å². The largest absolute Gasteiger partial charge is 0.251 e. The zero-order valence-electron chi connectivity index (χ0n) is 29.5. The minimum Gasteiger partial charge on any atom is -0.251 e. The van der Waals surface area contributed by atoms with E-state index in [2.05, 4.69) is 86.7 Å². The van der Waals surface area contributed by atoms with E-state index in [1.807, 2.05) is 0 Å². The van der Waals surface area contributed by atoms with Crippen molar-refractivity contribution in [1.29, 1.82) is 0 Å². The molecule has 0 amide bonds. The summed E-state index contributed by atoms with van der Waals surface area (Å²) in [5.41, 5.74) is 4.10. The molecule has 0 radical (unpaired) electrons. The van der Waals surface area contributed by atoms with Crippen LogP contribution >= 0.6 is 0 Å². The Hall–Kier alpha value is -2.48. The van der Waals surface area contributed by atoms with Crippen LogP contribution in [-0.2, 0) is 0 Å². The van der Waals surface area contributed by atoms with Gasteiger partial charge >= 0.3 is 0 Å². The average molecular weight is 613 g/mol. The third-order valence-electron chi connectivity index (χ3n) is 8.84. The maximum absolute atomic E-state index is 5.07. The van der Waals surface area contributed by atoms with E-state index >= 15 is 0 Å². The van der Waals surface area contributed by atoms with Crippen molar-refractivity contribution in [3.8, 4) is 0 Å². The van der Waals surface area contributed by atoms with Crippen LogP contribution in [0.4, 0.5) is 11.4 Å². The van der Waals surface area contributed by atoms with Gasteiger partial charge in [0, 0.05) is 0 Å². The molecule has 2 nitrogen and oxygen atoms in total. The molecule has 2 aromatic carbocycles. The molecule has 2 heteroatoms. The van der Waals surface area contributed by atoms with Gasteiger partial charge in [0.2, 0.25) is 0 Å². The summed E-state index contributed by atoms with van der Waals surface area (Å²) in [7, 11) is 0. The molecule has 45 heavy (non-hydrogen) atoms. The zero-order valence-corrected chi connectivity index (χ0v) is 29.5. The molecule has 0 heterocycles. The molecule has 0 N–H and O–H groups in total. The molecule has 0 unspecified atom stereocenters. The van der Waals surface area contributed by atoms with Crippen LogP contribution in [-0.4, -0.2) is 11.4 Å². The molecule has 0 atom stereocenters. The van der Waals surface area contributed by atoms with Gasteiger partial charge in [0.25, 0.3) is 0 Å². The van der Waals surface area contributed by atoms with Crippen LogP contribution in [0.25, 0.3) is 0 Å². The monoisotopic (exact) mass is 613 g/mol. The lowest BCUT2D eigenvalue weighted by Gasteiger charge is -2.08. The number of aliphatic imine (C=N–C) groups is 2. The maximum atomic E-state index is 5.07. The molecule has 0 aliphatic rings. The second-order valence-electron chi connectivity index (χ2n) is 13.1. The van der Waals surface area contributed by atoms with Crippen molar-refractivity contribution < 1.29 is 0 Å². The number of rotatable bonds is 29. The van der Waals surface area contributed by atoms with Gasteiger partial charge < -0.3 is 0 Å². The van der Waals surface area contributed by atoms with E-state index in [0.29, 0.717) is 0 Å². The highest BCUT2D eigenvalue weighted by molar-refractivity contribution is 6.47. The van der Waals surface area contributed by atoms with E-state index in [0.717, 1.165) is 42.1 Å². The summed E-state index contributed by atoms with van der Waals surface area (Å²) in [4.78, 5) is 10.1. The number of para-hydroxylation sites is 2. The van der Waals surface area contributed by atoms with Crippen molar-refractivity contribution >= 4 is 22.8 Å². The Morgan fingerprint density at radius 3 is 1.27 bits per heavy atom. The third kappa shape index (κ3) is 21.8. The van der Waals surface area contributed by atoms with Crippen molar-refractivity contribution in [2.75, 3.05) is 0 Å². The van der Waals surface area contributed by atoms with E-state index < -0.39 is 0 Å². The van der Waals surface area contributed by atoms with Gasteiger partial charge in [-0.3, -0.25) is 4.99 Å². The number of unbranched alkanes of at least 4 members (excludes halogenated alkanes) is 22. The van der Waals surface area contributed by atoms with E-state index in [-0.39, 0.29) is 0 Å². The first kappa shape index (κ1) is 38.7. The molecule has 2 rings (SSSR count). The summed E-state index contributed by atoms with van der Waals surface area (Å²) in [6, 6.07) is 20.7. The number of nitrogens with zero attached hydrogens (tertiary/aromatic N) is 2. The van der Waals surface area contributed by atoms with Crippen LogP contribution in [0.5, 0.6) is 0 Å². The molecule has 0 aliphatic heterocycles. The Balaban J connectivity index is 1.60. The van der Waals surface area contributed by atoms with Gasteiger partial charge in [-0.05, 0) is 56.0 Å². The molecule has 0 saturated heterocycles. The Bertz CT molecular complexity index is 1000. The number of benzene rings is 2. The lowest BCUT2D eigenvalue weighted by atomic mass is 10.0. The fraction of sp³-hybridized carbons (Fsp3) is 0.628. The fourth-order valence-corrected chi connectivity index (χ4v) is 5.99. The summed E-state index contributed by atoms with van der Waals surface area (Å²) in [5, 5.41) is 0. The van der Waals surface area contributed by atoms with Gasteiger partial charge in [0.15, 0.2) is 0 Å². The highest BCUT2D eigenvalue weighted by Crippen LogP contribution is 2.18. The second-order valence-corrected chi connectivity index (χ2v) is 13.1. The SMILES string of the molecule is CCCCCCCCCCCCCCCCCCCCCC/C=C/C(=Nc1ccccc1)C(CCCCC)=Nc1ccccc1. The predicted molar refractivity (Wildman–Crippen MR) is 203 cm³/mol. The van der Waals surface area contributed by atoms with Gasteiger partial charge in [0.05, 0.1) is 22.8 Å². The zero-order chi connectivity index (χ0) is 31.9. The summed E-state index contributed by atoms with van der Waals surface area (Å²) in [5.74, 6) is 0. The first-order valence-corrected chi connectivity index (χ1v) is 19.3. The molecule has 0 fully saturated rings. The topological polar surface area (TPSA) is 24.7 Å². The van der Waals surface area contributed by atoms with Crippen molar-refractivity contribution in [1.82, 2.24) is 0 Å². The van der Waals surface area contributed by atoms with E-state index in [1.165, 1.54) is 141 Å². The number of allylic oxidation sites excluding steroid dienone is 2. The molecule has 250 valence electrons. The minimum atomic E-state index is 0.956. The summed E-state index contributed by atoms with van der Waals surface area (Å²) < 4.78 is 0. The van der Waals surface area contributed by atoms with Crippen LogP contribution in [0.3, 0.4) is 0 Å². The molecular weight excluding hydrogens is 544 g/mol. The standard InChI is InChI=1S/C43H68N2/c1-3-5-7-8-9-10-11-12-13-14-15-16-17-18-19-20-21-22-23-24-25-33-39-43(45-41-36-31-27-32-37-41)42(38-28-6-4-2)44-40-34-29-26-30-35-40/h26-27,29-37,39H,3-25,28,38H2,1-2H3/b39-33+,44-42?,45-43?. The van der Waals surface area contributed by atoms with Crippen LogP contribution in [0.15, 0.2) is 82.8 Å². The van der Waals surface area contributed by atoms with Crippen LogP contribution in [0.1, 0.15) is 174 Å². The maximum Gasteiger partial charge on any atom is 0.0848 e. The molecule has 0 spiro atoms. The van der Waals surface area contributed by atoms with E-state index in [4.69, 9.17) is 9.98 Å². The van der Waals surface area contributed by atoms with Crippen LogP contribution in [0.2, 0.25) is 0 Å². The van der Waals surface area contributed by atoms with Crippen LogP contribution in [0, 0.1) is 0 Å². The summed E-state index contributed by atoms with van der Waals surface area (Å²) in [6.07, 6.45) is 38.7. The van der Waals surface area contributed by atoms with Gasteiger partial charge in [-0.1, -0.05) is 191 Å². The molecule has 0 aromatic heterocycles. The molecule has 0 saturated carbocycles. The number of hydrogen-bond acceptors (Lipinski definition) is 2. The van der Waals surface area contributed by atoms with E-state index in [9.17, 15) is 0 Å². The lowest BCUT2D eigenvalue weighted by Crippen LogP contribution is -2.12. The first-order valence-electron chi connectivity index (χ1n) is 19.3. The average Bonchev–Trinajstić information content (AvgIpc) is 3.07. The Morgan fingerprint density at radius 1 is 0.444 bits per heavy atom. The second kappa shape index (κ2) is 29.0.